The molecule has 0 radical (unpaired) electrons. The monoisotopic (exact) mass is 461 g/mol. The number of halogens is 4. The summed E-state index contributed by atoms with van der Waals surface area (Å²) < 4.78 is 54.7. The second kappa shape index (κ2) is 9.51. The van der Waals surface area contributed by atoms with Gasteiger partial charge >= 0.3 is 6.18 Å². The molecular weight excluding hydrogens is 434 g/mol. The molecule has 0 bridgehead atoms. The summed E-state index contributed by atoms with van der Waals surface area (Å²) >= 11 is 0. The summed E-state index contributed by atoms with van der Waals surface area (Å²) in [6.45, 7) is 5.02. The third kappa shape index (κ3) is 5.52. The van der Waals surface area contributed by atoms with Crippen LogP contribution in [0.1, 0.15) is 48.3 Å². The molecule has 33 heavy (non-hydrogen) atoms. The van der Waals surface area contributed by atoms with Crippen molar-refractivity contribution in [3.8, 4) is 0 Å². The highest BCUT2D eigenvalue weighted by Gasteiger charge is 2.35. The highest BCUT2D eigenvalue weighted by atomic mass is 19.4. The molecule has 0 unspecified atom stereocenters. The molecule has 0 aliphatic carbocycles. The minimum absolute atomic E-state index is 0.219. The molecule has 3 aromatic rings. The Morgan fingerprint density at radius 3 is 2.52 bits per heavy atom. The lowest BCUT2D eigenvalue weighted by molar-refractivity contribution is -0.138. The predicted octanol–water partition coefficient (Wildman–Crippen LogP) is 6.03. The largest absolute Gasteiger partial charge is 0.416 e. The van der Waals surface area contributed by atoms with Crippen LogP contribution in [0.4, 0.5) is 29.2 Å². The molecule has 176 valence electrons. The number of aromatic amines is 1. The van der Waals surface area contributed by atoms with Crippen molar-refractivity contribution < 1.29 is 17.6 Å². The molecule has 0 amide bonds. The molecule has 0 saturated carbocycles. The van der Waals surface area contributed by atoms with E-state index in [9.17, 15) is 17.6 Å². The van der Waals surface area contributed by atoms with Gasteiger partial charge in [0.15, 0.2) is 5.82 Å². The highest BCUT2D eigenvalue weighted by Crippen LogP contribution is 2.37. The molecule has 0 spiro atoms. The van der Waals surface area contributed by atoms with Gasteiger partial charge in [-0.05, 0) is 75.9 Å². The first-order valence-corrected chi connectivity index (χ1v) is 11.1. The van der Waals surface area contributed by atoms with E-state index in [1.54, 1.807) is 18.2 Å². The predicted molar refractivity (Wildman–Crippen MR) is 119 cm³/mol. The number of likely N-dealkylation sites (tertiary alicyclic amines) is 1. The first-order valence-electron chi connectivity index (χ1n) is 11.1. The standard InChI is InChI=1S/C24H27F4N5/c1-15-13-23(32-31-15)30-22-8-7-20(25)21(29-22)14-17-9-11-33(12-10-17)16(2)18-5-3-4-6-19(18)24(26,27)28/h3-8,13,16-17H,9-12,14H2,1-2H3,(H2,29,30,31,32)/t16-/m1/s1. The first-order chi connectivity index (χ1) is 15.7. The molecular formula is C24H27F4N5. The third-order valence-electron chi connectivity index (χ3n) is 6.28. The zero-order chi connectivity index (χ0) is 23.6. The van der Waals surface area contributed by atoms with Crippen LogP contribution in [0.15, 0.2) is 42.5 Å². The Hall–Kier alpha value is -2.94. The molecule has 3 heterocycles. The van der Waals surface area contributed by atoms with Crippen molar-refractivity contribution in [2.45, 2.75) is 45.3 Å². The lowest BCUT2D eigenvalue weighted by atomic mass is 9.90. The summed E-state index contributed by atoms with van der Waals surface area (Å²) in [5.74, 6) is 0.997. The van der Waals surface area contributed by atoms with Gasteiger partial charge in [-0.1, -0.05) is 18.2 Å². The van der Waals surface area contributed by atoms with Gasteiger partial charge in [0.2, 0.25) is 0 Å². The number of anilines is 2. The average molecular weight is 462 g/mol. The zero-order valence-electron chi connectivity index (χ0n) is 18.6. The maximum absolute atomic E-state index is 14.4. The number of H-pyrrole nitrogens is 1. The summed E-state index contributed by atoms with van der Waals surface area (Å²) in [7, 11) is 0. The molecule has 9 heteroatoms. The van der Waals surface area contributed by atoms with Crippen molar-refractivity contribution in [1.82, 2.24) is 20.1 Å². The fraction of sp³-hybridized carbons (Fsp3) is 0.417. The van der Waals surface area contributed by atoms with Gasteiger partial charge in [-0.25, -0.2) is 9.37 Å². The van der Waals surface area contributed by atoms with E-state index < -0.39 is 11.7 Å². The van der Waals surface area contributed by atoms with Crippen LogP contribution < -0.4 is 5.32 Å². The number of pyridine rings is 1. The van der Waals surface area contributed by atoms with Gasteiger partial charge in [-0.3, -0.25) is 10.00 Å². The Balaban J connectivity index is 1.38. The van der Waals surface area contributed by atoms with E-state index in [0.29, 0.717) is 42.4 Å². The van der Waals surface area contributed by atoms with Crippen LogP contribution in [0.25, 0.3) is 0 Å². The third-order valence-corrected chi connectivity index (χ3v) is 6.28. The number of hydrogen-bond acceptors (Lipinski definition) is 4. The Bertz CT molecular complexity index is 1090. The van der Waals surface area contributed by atoms with E-state index in [2.05, 4.69) is 25.4 Å². The molecule has 2 aromatic heterocycles. The molecule has 1 aliphatic rings. The van der Waals surface area contributed by atoms with Gasteiger partial charge in [-0.15, -0.1) is 0 Å². The number of rotatable bonds is 6. The van der Waals surface area contributed by atoms with Crippen LogP contribution in [0.2, 0.25) is 0 Å². The molecule has 1 aliphatic heterocycles. The van der Waals surface area contributed by atoms with E-state index in [1.807, 2.05) is 19.9 Å². The van der Waals surface area contributed by atoms with Crippen LogP contribution in [0.3, 0.4) is 0 Å². The lowest BCUT2D eigenvalue weighted by Gasteiger charge is -2.37. The Labute approximate surface area is 190 Å². The average Bonchev–Trinajstić information content (AvgIpc) is 3.20. The van der Waals surface area contributed by atoms with Crippen LogP contribution in [-0.4, -0.2) is 33.2 Å². The van der Waals surface area contributed by atoms with E-state index in [1.165, 1.54) is 12.1 Å². The zero-order valence-corrected chi connectivity index (χ0v) is 18.6. The van der Waals surface area contributed by atoms with Crippen LogP contribution in [0, 0.1) is 18.7 Å². The quantitative estimate of drug-likeness (QED) is 0.440. The van der Waals surface area contributed by atoms with Gasteiger partial charge in [0.25, 0.3) is 0 Å². The highest BCUT2D eigenvalue weighted by molar-refractivity contribution is 5.51. The van der Waals surface area contributed by atoms with Crippen molar-refractivity contribution in [2.75, 3.05) is 18.4 Å². The molecule has 4 rings (SSSR count). The molecule has 5 nitrogen and oxygen atoms in total. The van der Waals surface area contributed by atoms with Gasteiger partial charge < -0.3 is 5.32 Å². The van der Waals surface area contributed by atoms with Gasteiger partial charge in [0.05, 0.1) is 11.3 Å². The Kier molecular flexibility index (Phi) is 6.69. The van der Waals surface area contributed by atoms with Crippen molar-refractivity contribution in [3.63, 3.8) is 0 Å². The lowest BCUT2D eigenvalue weighted by Crippen LogP contribution is -2.37. The SMILES string of the molecule is Cc1cc(Nc2ccc(F)c(CC3CCN([C@H](C)c4ccccc4C(F)(F)F)CC3)n2)n[nH]1. The second-order valence-electron chi connectivity index (χ2n) is 8.63. The first kappa shape index (κ1) is 23.2. The number of hydrogen-bond donors (Lipinski definition) is 2. The minimum Gasteiger partial charge on any atom is -0.323 e. The number of piperidine rings is 1. The van der Waals surface area contributed by atoms with Gasteiger partial charge in [0, 0.05) is 17.8 Å². The summed E-state index contributed by atoms with van der Waals surface area (Å²) in [5, 5.41) is 10.0. The fourth-order valence-corrected chi connectivity index (χ4v) is 4.44. The van der Waals surface area contributed by atoms with Gasteiger partial charge in [0.1, 0.15) is 11.6 Å². The molecule has 1 saturated heterocycles. The molecule has 1 fully saturated rings. The second-order valence-corrected chi connectivity index (χ2v) is 8.63. The summed E-state index contributed by atoms with van der Waals surface area (Å²) in [5.41, 5.74) is 1.01. The number of nitrogens with one attached hydrogen (secondary N) is 2. The van der Waals surface area contributed by atoms with Crippen LogP contribution in [0.5, 0.6) is 0 Å². The van der Waals surface area contributed by atoms with Crippen molar-refractivity contribution in [2.24, 2.45) is 5.92 Å². The summed E-state index contributed by atoms with van der Waals surface area (Å²) in [6, 6.07) is 10.2. The van der Waals surface area contributed by atoms with Crippen molar-refractivity contribution >= 4 is 11.6 Å². The normalized spacial score (nSPS) is 16.7. The van der Waals surface area contributed by atoms with Crippen LogP contribution >= 0.6 is 0 Å². The summed E-state index contributed by atoms with van der Waals surface area (Å²) in [6.07, 6.45) is -2.34. The van der Waals surface area contributed by atoms with Crippen molar-refractivity contribution in [3.05, 3.63) is 70.8 Å². The molecule has 2 N–H and O–H groups in total. The molecule has 1 atom stereocenters. The maximum Gasteiger partial charge on any atom is 0.416 e. The summed E-state index contributed by atoms with van der Waals surface area (Å²) in [4.78, 5) is 6.50. The van der Waals surface area contributed by atoms with E-state index in [0.717, 1.165) is 24.6 Å². The fourth-order valence-electron chi connectivity index (χ4n) is 4.44. The van der Waals surface area contributed by atoms with E-state index in [4.69, 9.17) is 0 Å². The maximum atomic E-state index is 14.4. The Morgan fingerprint density at radius 1 is 1.12 bits per heavy atom. The number of aryl methyl sites for hydroxylation is 1. The number of aromatic nitrogens is 3. The molecule has 1 aromatic carbocycles. The van der Waals surface area contributed by atoms with E-state index >= 15 is 0 Å². The Morgan fingerprint density at radius 2 is 1.85 bits per heavy atom. The van der Waals surface area contributed by atoms with Crippen LogP contribution in [-0.2, 0) is 12.6 Å². The minimum atomic E-state index is -4.37. The topological polar surface area (TPSA) is 56.8 Å². The number of nitrogens with zero attached hydrogens (tertiary/aromatic N) is 3. The van der Waals surface area contributed by atoms with Gasteiger partial charge in [-0.2, -0.15) is 18.3 Å². The number of benzene rings is 1. The smallest absolute Gasteiger partial charge is 0.323 e. The van der Waals surface area contributed by atoms with E-state index in [-0.39, 0.29) is 17.8 Å². The van der Waals surface area contributed by atoms with Crippen molar-refractivity contribution in [1.29, 1.82) is 0 Å². The number of alkyl halides is 3.